The quantitative estimate of drug-likeness (QED) is 0.745. The van der Waals surface area contributed by atoms with E-state index in [-0.39, 0.29) is 0 Å². The topological polar surface area (TPSA) is 18.5 Å². The molecule has 1 heterocycles. The van der Waals surface area contributed by atoms with E-state index in [1.165, 1.54) is 39.1 Å². The van der Waals surface area contributed by atoms with Crippen LogP contribution >= 0.6 is 0 Å². The molecule has 0 atom stereocenters. The van der Waals surface area contributed by atoms with Crippen molar-refractivity contribution >= 4 is 0 Å². The number of nitrogens with one attached hydrogen (secondary N) is 1. The van der Waals surface area contributed by atoms with Gasteiger partial charge in [-0.05, 0) is 20.0 Å². The van der Waals surface area contributed by atoms with Gasteiger partial charge in [-0.15, -0.1) is 0 Å². The number of rotatable bonds is 5. The first-order chi connectivity index (χ1) is 7.33. The van der Waals surface area contributed by atoms with Gasteiger partial charge in [0, 0.05) is 39.3 Å². The van der Waals surface area contributed by atoms with Gasteiger partial charge in [-0.1, -0.05) is 20.8 Å². The largest absolute Gasteiger partial charge is 0.314 e. The van der Waals surface area contributed by atoms with Gasteiger partial charge < -0.3 is 10.2 Å². The highest BCUT2D eigenvalue weighted by molar-refractivity contribution is 4.68. The third kappa shape index (κ3) is 7.77. The third-order valence-corrected chi connectivity index (χ3v) is 2.61. The van der Waals surface area contributed by atoms with Crippen molar-refractivity contribution in [3.05, 3.63) is 0 Å². The van der Waals surface area contributed by atoms with Crippen LogP contribution in [0.2, 0.25) is 0 Å². The highest BCUT2D eigenvalue weighted by Crippen LogP contribution is 1.93. The van der Waals surface area contributed by atoms with E-state index in [4.69, 9.17) is 0 Å². The molecule has 92 valence electrons. The lowest BCUT2D eigenvalue weighted by molar-refractivity contribution is 0.205. The van der Waals surface area contributed by atoms with Crippen LogP contribution in [0.25, 0.3) is 0 Å². The molecule has 0 amide bonds. The van der Waals surface area contributed by atoms with Gasteiger partial charge in [0.2, 0.25) is 0 Å². The van der Waals surface area contributed by atoms with Crippen molar-refractivity contribution in [2.75, 3.05) is 52.9 Å². The summed E-state index contributed by atoms with van der Waals surface area (Å²) in [6, 6.07) is 0. The van der Waals surface area contributed by atoms with Gasteiger partial charge in [0.25, 0.3) is 0 Å². The van der Waals surface area contributed by atoms with Gasteiger partial charge in [-0.25, -0.2) is 0 Å². The van der Waals surface area contributed by atoms with Crippen molar-refractivity contribution in [1.29, 1.82) is 0 Å². The standard InChI is InChI=1S/C10H23N3.C2H6/c1-3-6-12(2)9-10-13-7-4-11-5-8-13;1-2/h11H,3-10H2,1-2H3;1-2H3. The fourth-order valence-electron chi connectivity index (χ4n) is 1.74. The maximum atomic E-state index is 3.37. The third-order valence-electron chi connectivity index (χ3n) is 2.61. The highest BCUT2D eigenvalue weighted by atomic mass is 15.2. The minimum atomic E-state index is 1.16. The SMILES string of the molecule is CC.CCCN(C)CCN1CCNCC1. The van der Waals surface area contributed by atoms with Crippen LogP contribution < -0.4 is 5.32 Å². The van der Waals surface area contributed by atoms with Crippen molar-refractivity contribution in [3.63, 3.8) is 0 Å². The number of hydrogen-bond donors (Lipinski definition) is 1. The predicted octanol–water partition coefficient (Wildman–Crippen LogP) is 1.26. The summed E-state index contributed by atoms with van der Waals surface area (Å²) in [6.45, 7) is 14.7. The first kappa shape index (κ1) is 14.9. The first-order valence-corrected chi connectivity index (χ1v) is 6.44. The molecule has 3 heteroatoms. The normalized spacial score (nSPS) is 17.4. The average Bonchev–Trinajstić information content (AvgIpc) is 2.31. The summed E-state index contributed by atoms with van der Waals surface area (Å²) in [7, 11) is 2.21. The van der Waals surface area contributed by atoms with E-state index in [1.807, 2.05) is 13.8 Å². The Bertz CT molecular complexity index is 122. The summed E-state index contributed by atoms with van der Waals surface area (Å²) < 4.78 is 0. The zero-order chi connectivity index (χ0) is 11.5. The molecule has 0 aromatic heterocycles. The second-order valence-corrected chi connectivity index (χ2v) is 3.89. The molecule has 3 nitrogen and oxygen atoms in total. The molecule has 0 bridgehead atoms. The Kier molecular flexibility index (Phi) is 10.3. The zero-order valence-corrected chi connectivity index (χ0v) is 11.1. The average molecular weight is 215 g/mol. The molecule has 0 aromatic carbocycles. The summed E-state index contributed by atoms with van der Waals surface area (Å²) in [5.74, 6) is 0. The Morgan fingerprint density at radius 1 is 1.13 bits per heavy atom. The predicted molar refractivity (Wildman–Crippen MR) is 68.4 cm³/mol. The molecule has 0 radical (unpaired) electrons. The molecule has 0 saturated carbocycles. The van der Waals surface area contributed by atoms with Crippen molar-refractivity contribution in [1.82, 2.24) is 15.1 Å². The smallest absolute Gasteiger partial charge is 0.0110 e. The summed E-state index contributed by atoms with van der Waals surface area (Å²) in [6.07, 6.45) is 1.26. The minimum Gasteiger partial charge on any atom is -0.314 e. The molecular formula is C12H29N3. The molecule has 1 aliphatic rings. The summed E-state index contributed by atoms with van der Waals surface area (Å²) in [4.78, 5) is 4.96. The maximum Gasteiger partial charge on any atom is 0.0110 e. The summed E-state index contributed by atoms with van der Waals surface area (Å²) >= 11 is 0. The fourth-order valence-corrected chi connectivity index (χ4v) is 1.74. The second kappa shape index (κ2) is 10.4. The van der Waals surface area contributed by atoms with Crippen molar-refractivity contribution in [2.24, 2.45) is 0 Å². The molecule has 0 aromatic rings. The van der Waals surface area contributed by atoms with Crippen molar-refractivity contribution in [2.45, 2.75) is 27.2 Å². The van der Waals surface area contributed by atoms with Crippen LogP contribution in [-0.2, 0) is 0 Å². The lowest BCUT2D eigenvalue weighted by Gasteiger charge is -2.28. The Morgan fingerprint density at radius 2 is 1.73 bits per heavy atom. The van der Waals surface area contributed by atoms with Gasteiger partial charge in [-0.2, -0.15) is 0 Å². The van der Waals surface area contributed by atoms with Gasteiger partial charge in [0.1, 0.15) is 0 Å². The number of piperazine rings is 1. The summed E-state index contributed by atoms with van der Waals surface area (Å²) in [5, 5.41) is 3.37. The first-order valence-electron chi connectivity index (χ1n) is 6.44. The van der Waals surface area contributed by atoms with Gasteiger partial charge in [-0.3, -0.25) is 4.90 Å². The van der Waals surface area contributed by atoms with Crippen LogP contribution in [0, 0.1) is 0 Å². The zero-order valence-electron chi connectivity index (χ0n) is 11.1. The molecule has 1 rings (SSSR count). The van der Waals surface area contributed by atoms with E-state index in [1.54, 1.807) is 0 Å². The lowest BCUT2D eigenvalue weighted by Crippen LogP contribution is -2.46. The lowest BCUT2D eigenvalue weighted by atomic mass is 10.3. The van der Waals surface area contributed by atoms with E-state index >= 15 is 0 Å². The van der Waals surface area contributed by atoms with Crippen LogP contribution in [0.3, 0.4) is 0 Å². The molecule has 0 aliphatic carbocycles. The van der Waals surface area contributed by atoms with E-state index in [9.17, 15) is 0 Å². The van der Waals surface area contributed by atoms with Crippen LogP contribution in [0.1, 0.15) is 27.2 Å². The monoisotopic (exact) mass is 215 g/mol. The van der Waals surface area contributed by atoms with Crippen molar-refractivity contribution < 1.29 is 0 Å². The van der Waals surface area contributed by atoms with Crippen LogP contribution in [0.4, 0.5) is 0 Å². The van der Waals surface area contributed by atoms with E-state index in [2.05, 4.69) is 29.1 Å². The molecule has 1 aliphatic heterocycles. The van der Waals surface area contributed by atoms with E-state index in [0.717, 1.165) is 13.1 Å². The van der Waals surface area contributed by atoms with E-state index in [0.29, 0.717) is 0 Å². The second-order valence-electron chi connectivity index (χ2n) is 3.89. The van der Waals surface area contributed by atoms with Gasteiger partial charge in [0.05, 0.1) is 0 Å². The van der Waals surface area contributed by atoms with Crippen LogP contribution in [0.15, 0.2) is 0 Å². The van der Waals surface area contributed by atoms with Crippen LogP contribution in [0.5, 0.6) is 0 Å². The Balaban J connectivity index is 0.000000921. The molecule has 0 spiro atoms. The van der Waals surface area contributed by atoms with Crippen molar-refractivity contribution in [3.8, 4) is 0 Å². The number of nitrogens with zero attached hydrogens (tertiary/aromatic N) is 2. The Hall–Kier alpha value is -0.120. The molecule has 1 saturated heterocycles. The Morgan fingerprint density at radius 3 is 2.27 bits per heavy atom. The molecule has 15 heavy (non-hydrogen) atoms. The minimum absolute atomic E-state index is 1.16. The molecule has 0 unspecified atom stereocenters. The number of hydrogen-bond acceptors (Lipinski definition) is 3. The van der Waals surface area contributed by atoms with E-state index < -0.39 is 0 Å². The fraction of sp³-hybridized carbons (Fsp3) is 1.00. The molecule has 1 N–H and O–H groups in total. The summed E-state index contributed by atoms with van der Waals surface area (Å²) in [5.41, 5.74) is 0. The van der Waals surface area contributed by atoms with Gasteiger partial charge >= 0.3 is 0 Å². The van der Waals surface area contributed by atoms with Gasteiger partial charge in [0.15, 0.2) is 0 Å². The molecule has 1 fully saturated rings. The number of likely N-dealkylation sites (N-methyl/N-ethyl adjacent to an activating group) is 1. The molecular weight excluding hydrogens is 186 g/mol. The maximum absolute atomic E-state index is 3.37. The Labute approximate surface area is 95.8 Å². The highest BCUT2D eigenvalue weighted by Gasteiger charge is 2.09. The van der Waals surface area contributed by atoms with Crippen LogP contribution in [-0.4, -0.2) is 62.7 Å².